The molecule has 0 aromatic rings. The summed E-state index contributed by atoms with van der Waals surface area (Å²) in [5.41, 5.74) is 8.21. The van der Waals surface area contributed by atoms with E-state index in [1.165, 1.54) is 19.3 Å². The van der Waals surface area contributed by atoms with Gasteiger partial charge in [0.1, 0.15) is 0 Å². The molecule has 2 aliphatic rings. The molecule has 0 fully saturated rings. The van der Waals surface area contributed by atoms with Gasteiger partial charge < -0.3 is 24.8 Å². The van der Waals surface area contributed by atoms with E-state index < -0.39 is 8.07 Å². The molecule has 0 bridgehead atoms. The van der Waals surface area contributed by atoms with E-state index in [1.54, 1.807) is 61.1 Å². The zero-order valence-electron chi connectivity index (χ0n) is 16.5. The van der Waals surface area contributed by atoms with Crippen LogP contribution in [0, 0.1) is 5.92 Å². The minimum absolute atomic E-state index is 0. The summed E-state index contributed by atoms with van der Waals surface area (Å²) in [5.74, 6) is 0.652. The van der Waals surface area contributed by atoms with Crippen molar-refractivity contribution < 1.29 is 49.5 Å². The minimum Gasteiger partial charge on any atom is -1.00 e. The summed E-state index contributed by atoms with van der Waals surface area (Å²) >= 11 is 1.62. The van der Waals surface area contributed by atoms with Crippen LogP contribution in [-0.2, 0) is 24.7 Å². The van der Waals surface area contributed by atoms with Crippen molar-refractivity contribution in [2.24, 2.45) is 5.92 Å². The van der Waals surface area contributed by atoms with E-state index in [2.05, 4.69) is 54.6 Å². The molecule has 0 amide bonds. The van der Waals surface area contributed by atoms with E-state index in [9.17, 15) is 0 Å². The minimum atomic E-state index is -1.58. The summed E-state index contributed by atoms with van der Waals surface area (Å²) in [6.45, 7) is 19.4. The van der Waals surface area contributed by atoms with Gasteiger partial charge in [0.15, 0.2) is 0 Å². The summed E-state index contributed by atoms with van der Waals surface area (Å²) in [7, 11) is -1.58. The van der Waals surface area contributed by atoms with Gasteiger partial charge in [0, 0.05) is 0 Å². The van der Waals surface area contributed by atoms with E-state index in [4.69, 9.17) is 0 Å². The number of hydrogen-bond acceptors (Lipinski definition) is 0. The maximum atomic E-state index is 2.61. The van der Waals surface area contributed by atoms with Crippen LogP contribution in [0.5, 0.6) is 0 Å². The van der Waals surface area contributed by atoms with E-state index in [-0.39, 0.29) is 24.8 Å². The first-order chi connectivity index (χ1) is 10.1. The Labute approximate surface area is 178 Å². The summed E-state index contributed by atoms with van der Waals surface area (Å²) < 4.78 is 1.71. The molecule has 1 atom stereocenters. The van der Waals surface area contributed by atoms with Crippen molar-refractivity contribution in [3.8, 4) is 0 Å². The third kappa shape index (κ3) is 3.98. The van der Waals surface area contributed by atoms with E-state index in [0.29, 0.717) is 5.92 Å². The van der Waals surface area contributed by atoms with Crippen LogP contribution in [-0.4, -0.2) is 8.07 Å². The van der Waals surface area contributed by atoms with Crippen LogP contribution in [0.4, 0.5) is 0 Å². The normalized spacial score (nSPS) is 21.7. The van der Waals surface area contributed by atoms with Crippen molar-refractivity contribution in [2.75, 3.05) is 0 Å². The number of allylic oxidation sites excluding steroid dienone is 8. The summed E-state index contributed by atoms with van der Waals surface area (Å²) in [4.78, 5) is 0. The van der Waals surface area contributed by atoms with Gasteiger partial charge in [-0.05, 0) is 0 Å². The van der Waals surface area contributed by atoms with Crippen molar-refractivity contribution >= 4 is 8.07 Å². The van der Waals surface area contributed by atoms with Crippen molar-refractivity contribution in [1.29, 1.82) is 0 Å². The second kappa shape index (κ2) is 9.03. The van der Waals surface area contributed by atoms with Crippen LogP contribution in [0.15, 0.2) is 41.5 Å². The molecule has 0 heterocycles. The van der Waals surface area contributed by atoms with Gasteiger partial charge in [-0.3, -0.25) is 0 Å². The molecule has 0 N–H and O–H groups in total. The van der Waals surface area contributed by atoms with Gasteiger partial charge in [-0.25, -0.2) is 0 Å². The van der Waals surface area contributed by atoms with Crippen LogP contribution in [0.3, 0.4) is 0 Å². The Bertz CT molecular complexity index is 636. The molecule has 0 saturated carbocycles. The first kappa shape index (κ1) is 24.6. The Balaban J connectivity index is 0.00000264. The fourth-order valence-corrected chi connectivity index (χ4v) is 10.8. The Morgan fingerprint density at radius 3 is 1.96 bits per heavy atom. The van der Waals surface area contributed by atoms with Gasteiger partial charge in [0.05, 0.1) is 0 Å². The largest absolute Gasteiger partial charge is 1.00 e. The first-order valence-corrected chi connectivity index (χ1v) is 12.9. The maximum absolute atomic E-state index is 2.61. The second-order valence-corrected chi connectivity index (χ2v) is 13.5. The Kier molecular flexibility index (Phi) is 9.27. The van der Waals surface area contributed by atoms with Crippen LogP contribution < -0.4 is 24.8 Å². The van der Waals surface area contributed by atoms with Gasteiger partial charge in [-0.2, -0.15) is 0 Å². The fraction of sp³-hybridized carbons (Fsp3) is 0.600. The van der Waals surface area contributed by atoms with Crippen LogP contribution in [0.1, 0.15) is 60.8 Å². The van der Waals surface area contributed by atoms with Crippen LogP contribution >= 0.6 is 0 Å². The molecule has 2 aliphatic carbocycles. The molecule has 4 heteroatoms. The summed E-state index contributed by atoms with van der Waals surface area (Å²) in [6, 6.07) is 0. The van der Waals surface area contributed by atoms with Crippen molar-refractivity contribution in [3.63, 3.8) is 0 Å². The Morgan fingerprint density at radius 2 is 1.54 bits per heavy atom. The van der Waals surface area contributed by atoms with Crippen LogP contribution in [0.25, 0.3) is 0 Å². The van der Waals surface area contributed by atoms with Gasteiger partial charge in [-0.1, -0.05) is 0 Å². The molecular weight excluding hydrogens is 430 g/mol. The van der Waals surface area contributed by atoms with Crippen molar-refractivity contribution in [1.82, 2.24) is 0 Å². The zero-order chi connectivity index (χ0) is 16.8. The van der Waals surface area contributed by atoms with E-state index >= 15 is 0 Å². The van der Waals surface area contributed by atoms with Crippen molar-refractivity contribution in [2.45, 2.75) is 73.9 Å². The Morgan fingerprint density at radius 1 is 1.00 bits per heavy atom. The molecule has 0 aliphatic heterocycles. The fourth-order valence-electron chi connectivity index (χ4n) is 4.78. The molecule has 1 unspecified atom stereocenters. The van der Waals surface area contributed by atoms with Gasteiger partial charge in [0.25, 0.3) is 0 Å². The number of rotatable bonds is 4. The number of hydrogen-bond donors (Lipinski definition) is 0. The molecular formula is C20H31Cl2SiZr. The maximum Gasteiger partial charge on any atom is -1.00 e. The molecule has 0 radical (unpaired) electrons. The molecule has 2 rings (SSSR count). The average Bonchev–Trinajstić information content (AvgIpc) is 2.81. The summed E-state index contributed by atoms with van der Waals surface area (Å²) in [5, 5.41) is 3.61. The average molecular weight is 462 g/mol. The molecule has 24 heavy (non-hydrogen) atoms. The Hall–Kier alpha value is 0.640. The predicted octanol–water partition coefficient (Wildman–Crippen LogP) is 0.405. The van der Waals surface area contributed by atoms with Crippen molar-refractivity contribution in [3.05, 3.63) is 41.5 Å². The third-order valence-corrected chi connectivity index (χ3v) is 11.6. The SMILES string of the molecule is CCCC1=C([Si](C)(C)C2=C(C)C(C)=C(C)C2C)C(C)=[C]([Zr+2])C1.[Cl-].[Cl-]. The molecule has 133 valence electrons. The first-order valence-electron chi connectivity index (χ1n) is 8.67. The zero-order valence-corrected chi connectivity index (χ0v) is 21.4. The second-order valence-electron chi connectivity index (χ2n) is 7.70. The van der Waals surface area contributed by atoms with E-state index in [0.717, 1.165) is 0 Å². The standard InChI is InChI=1S/C20H31Si.2ClH.Zr/c1-9-10-18-12-11-13(2)19(18)21(7,8)20-16(5)14(3)15(4)17(20)6;;;/h16H,9-10,12H2,1-8H3;2*1H;/q;;;+2/p-2. The topological polar surface area (TPSA) is 0 Å². The third-order valence-electron chi connectivity index (χ3n) is 6.06. The molecule has 0 aromatic heterocycles. The number of halogens is 2. The molecule has 0 spiro atoms. The molecule has 0 nitrogen and oxygen atoms in total. The van der Waals surface area contributed by atoms with Gasteiger partial charge in [-0.15, -0.1) is 0 Å². The quantitative estimate of drug-likeness (QED) is 0.532. The van der Waals surface area contributed by atoms with Gasteiger partial charge >= 0.3 is 154 Å². The van der Waals surface area contributed by atoms with Gasteiger partial charge in [0.2, 0.25) is 0 Å². The molecule has 0 saturated heterocycles. The van der Waals surface area contributed by atoms with Crippen LogP contribution in [0.2, 0.25) is 13.1 Å². The predicted molar refractivity (Wildman–Crippen MR) is 97.0 cm³/mol. The monoisotopic (exact) mass is 459 g/mol. The molecule has 0 aromatic carbocycles. The summed E-state index contributed by atoms with van der Waals surface area (Å²) in [6.07, 6.45) is 3.85. The smallest absolute Gasteiger partial charge is 1.00 e. The van der Waals surface area contributed by atoms with E-state index in [1.807, 2.05) is 5.20 Å².